The maximum atomic E-state index is 12.1. The summed E-state index contributed by atoms with van der Waals surface area (Å²) in [6, 6.07) is 5.81. The summed E-state index contributed by atoms with van der Waals surface area (Å²) in [5, 5.41) is 0. The molecule has 1 aliphatic rings. The zero-order chi connectivity index (χ0) is 13.1. The minimum absolute atomic E-state index is 0.00901. The summed E-state index contributed by atoms with van der Waals surface area (Å²) in [7, 11) is 0. The van der Waals surface area contributed by atoms with Crippen LogP contribution in [-0.4, -0.2) is 36.4 Å². The topological polar surface area (TPSA) is 29.5 Å². The summed E-state index contributed by atoms with van der Waals surface area (Å²) in [6.45, 7) is -1.66. The van der Waals surface area contributed by atoms with Crippen LogP contribution in [0.15, 0.2) is 24.3 Å². The fourth-order valence-electron chi connectivity index (χ4n) is 1.82. The Labute approximate surface area is 108 Å². The number of hydrogen-bond acceptors (Lipinski definition) is 2. The number of amides is 1. The molecule has 1 aromatic rings. The number of ether oxygens (including phenoxy) is 1. The van der Waals surface area contributed by atoms with E-state index in [0.29, 0.717) is 30.5 Å². The van der Waals surface area contributed by atoms with E-state index in [1.165, 1.54) is 18.2 Å². The molecule has 0 aliphatic carbocycles. The summed E-state index contributed by atoms with van der Waals surface area (Å²) in [5.41, 5.74) is 0.348. The molecule has 1 aliphatic heterocycles. The third kappa shape index (κ3) is 2.90. The molecule has 0 saturated carbocycles. The van der Waals surface area contributed by atoms with Crippen LogP contribution in [0.2, 0.25) is 0 Å². The molecule has 1 amide bonds. The highest BCUT2D eigenvalue weighted by Gasteiger charge is 2.30. The Morgan fingerprint density at radius 1 is 1.50 bits per heavy atom. The van der Waals surface area contributed by atoms with Crippen LogP contribution in [0.4, 0.5) is 8.78 Å². The standard InChI is InChI=1S/C12H12ClF2NO2/c13-5-8-6-16(7-8)11(17)9-2-1-3-10(4-9)18-12(14)15/h1-4,8,12H,5-7H2. The minimum atomic E-state index is -2.89. The highest BCUT2D eigenvalue weighted by molar-refractivity contribution is 6.18. The molecule has 6 heteroatoms. The fourth-order valence-corrected chi connectivity index (χ4v) is 2.02. The normalized spacial score (nSPS) is 15.7. The van der Waals surface area contributed by atoms with Gasteiger partial charge in [0.2, 0.25) is 0 Å². The molecule has 18 heavy (non-hydrogen) atoms. The van der Waals surface area contributed by atoms with Crippen molar-refractivity contribution < 1.29 is 18.3 Å². The van der Waals surface area contributed by atoms with Gasteiger partial charge in [0.15, 0.2) is 0 Å². The number of halogens is 3. The van der Waals surface area contributed by atoms with E-state index in [1.807, 2.05) is 0 Å². The Hall–Kier alpha value is -1.36. The van der Waals surface area contributed by atoms with Gasteiger partial charge in [-0.15, -0.1) is 11.6 Å². The molecule has 1 aromatic carbocycles. The predicted octanol–water partition coefficient (Wildman–Crippen LogP) is 2.60. The largest absolute Gasteiger partial charge is 0.435 e. The highest BCUT2D eigenvalue weighted by atomic mass is 35.5. The molecule has 0 bridgehead atoms. The second kappa shape index (κ2) is 5.52. The summed E-state index contributed by atoms with van der Waals surface area (Å²) < 4.78 is 28.4. The van der Waals surface area contributed by atoms with Crippen LogP contribution in [-0.2, 0) is 0 Å². The van der Waals surface area contributed by atoms with Gasteiger partial charge in [-0.3, -0.25) is 4.79 Å². The molecule has 1 heterocycles. The van der Waals surface area contributed by atoms with E-state index < -0.39 is 6.61 Å². The molecule has 98 valence electrons. The van der Waals surface area contributed by atoms with Crippen molar-refractivity contribution in [2.24, 2.45) is 5.92 Å². The molecule has 0 radical (unpaired) electrons. The molecular weight excluding hydrogens is 264 g/mol. The van der Waals surface area contributed by atoms with Gasteiger partial charge in [-0.25, -0.2) is 0 Å². The van der Waals surface area contributed by atoms with E-state index in [1.54, 1.807) is 11.0 Å². The van der Waals surface area contributed by atoms with Gasteiger partial charge in [0.25, 0.3) is 5.91 Å². The van der Waals surface area contributed by atoms with Gasteiger partial charge in [0, 0.05) is 30.5 Å². The average molecular weight is 276 g/mol. The number of nitrogens with zero attached hydrogens (tertiary/aromatic N) is 1. The molecule has 0 N–H and O–H groups in total. The number of benzene rings is 1. The van der Waals surface area contributed by atoms with Gasteiger partial charge in [0.05, 0.1) is 0 Å². The lowest BCUT2D eigenvalue weighted by Gasteiger charge is -2.38. The zero-order valence-corrected chi connectivity index (χ0v) is 10.2. The van der Waals surface area contributed by atoms with Crippen molar-refractivity contribution in [1.82, 2.24) is 4.90 Å². The number of likely N-dealkylation sites (tertiary alicyclic amines) is 1. The van der Waals surface area contributed by atoms with E-state index in [4.69, 9.17) is 11.6 Å². The number of hydrogen-bond donors (Lipinski definition) is 0. The SMILES string of the molecule is O=C(c1cccc(OC(F)F)c1)N1CC(CCl)C1. The maximum Gasteiger partial charge on any atom is 0.387 e. The van der Waals surface area contributed by atoms with Crippen LogP contribution in [0.5, 0.6) is 5.75 Å². The molecule has 0 unspecified atom stereocenters. The first kappa shape index (κ1) is 13.1. The van der Waals surface area contributed by atoms with Crippen molar-refractivity contribution >= 4 is 17.5 Å². The van der Waals surface area contributed by atoms with Gasteiger partial charge in [0.1, 0.15) is 5.75 Å². The van der Waals surface area contributed by atoms with Gasteiger partial charge >= 0.3 is 6.61 Å². The average Bonchev–Trinajstić information content (AvgIpc) is 2.27. The van der Waals surface area contributed by atoms with Gasteiger partial charge in [-0.2, -0.15) is 8.78 Å². The minimum Gasteiger partial charge on any atom is -0.435 e. The molecule has 2 rings (SSSR count). The van der Waals surface area contributed by atoms with Gasteiger partial charge < -0.3 is 9.64 Å². The summed E-state index contributed by atoms with van der Waals surface area (Å²) >= 11 is 5.66. The van der Waals surface area contributed by atoms with Gasteiger partial charge in [-0.1, -0.05) is 6.07 Å². The first-order chi connectivity index (χ1) is 8.60. The van der Waals surface area contributed by atoms with E-state index in [9.17, 15) is 13.6 Å². The quantitative estimate of drug-likeness (QED) is 0.791. The van der Waals surface area contributed by atoms with Crippen LogP contribution in [0.25, 0.3) is 0 Å². The molecule has 0 aromatic heterocycles. The van der Waals surface area contributed by atoms with E-state index >= 15 is 0 Å². The third-order valence-electron chi connectivity index (χ3n) is 2.77. The smallest absolute Gasteiger partial charge is 0.387 e. The van der Waals surface area contributed by atoms with Crippen molar-refractivity contribution in [2.75, 3.05) is 19.0 Å². The van der Waals surface area contributed by atoms with Crippen molar-refractivity contribution in [3.8, 4) is 5.75 Å². The van der Waals surface area contributed by atoms with Crippen LogP contribution >= 0.6 is 11.6 Å². The Morgan fingerprint density at radius 3 is 2.83 bits per heavy atom. The summed E-state index contributed by atoms with van der Waals surface area (Å²) in [6.07, 6.45) is 0. The summed E-state index contributed by atoms with van der Waals surface area (Å²) in [5.74, 6) is 0.663. The van der Waals surface area contributed by atoms with Crippen LogP contribution < -0.4 is 4.74 Å². The summed E-state index contributed by atoms with van der Waals surface area (Å²) in [4.78, 5) is 13.6. The second-order valence-electron chi connectivity index (χ2n) is 4.14. The van der Waals surface area contributed by atoms with Crippen LogP contribution in [0, 0.1) is 5.92 Å². The van der Waals surface area contributed by atoms with Crippen molar-refractivity contribution in [2.45, 2.75) is 6.61 Å². The third-order valence-corrected chi connectivity index (χ3v) is 3.21. The molecule has 1 saturated heterocycles. The maximum absolute atomic E-state index is 12.1. The number of rotatable bonds is 4. The van der Waals surface area contributed by atoms with Crippen LogP contribution in [0.3, 0.4) is 0 Å². The molecule has 0 spiro atoms. The monoisotopic (exact) mass is 275 g/mol. The molecular formula is C12H12ClF2NO2. The Morgan fingerprint density at radius 2 is 2.22 bits per heavy atom. The fraction of sp³-hybridized carbons (Fsp3) is 0.417. The Balaban J connectivity index is 2.02. The van der Waals surface area contributed by atoms with E-state index in [2.05, 4.69) is 4.74 Å². The molecule has 3 nitrogen and oxygen atoms in total. The lowest BCUT2D eigenvalue weighted by Crippen LogP contribution is -2.50. The lowest BCUT2D eigenvalue weighted by atomic mass is 10.0. The molecule has 0 atom stereocenters. The predicted molar refractivity (Wildman–Crippen MR) is 63.2 cm³/mol. The van der Waals surface area contributed by atoms with Crippen molar-refractivity contribution in [3.63, 3.8) is 0 Å². The zero-order valence-electron chi connectivity index (χ0n) is 9.48. The Bertz CT molecular complexity index is 436. The number of carbonyl (C=O) groups excluding carboxylic acids is 1. The van der Waals surface area contributed by atoms with Crippen molar-refractivity contribution in [1.29, 1.82) is 0 Å². The van der Waals surface area contributed by atoms with Crippen LogP contribution in [0.1, 0.15) is 10.4 Å². The highest BCUT2D eigenvalue weighted by Crippen LogP contribution is 2.22. The second-order valence-corrected chi connectivity index (χ2v) is 4.45. The number of carbonyl (C=O) groups is 1. The first-order valence-electron chi connectivity index (χ1n) is 5.50. The van der Waals surface area contributed by atoms with Crippen molar-refractivity contribution in [3.05, 3.63) is 29.8 Å². The Kier molecular flexibility index (Phi) is 4.01. The van der Waals surface area contributed by atoms with E-state index in [-0.39, 0.29) is 11.7 Å². The lowest BCUT2D eigenvalue weighted by molar-refractivity contribution is -0.0499. The molecule has 1 fully saturated rings. The van der Waals surface area contributed by atoms with E-state index in [0.717, 1.165) is 0 Å². The van der Waals surface area contributed by atoms with Gasteiger partial charge in [-0.05, 0) is 18.2 Å². The number of alkyl halides is 3. The first-order valence-corrected chi connectivity index (χ1v) is 6.03.